The van der Waals surface area contributed by atoms with Crippen LogP contribution >= 0.6 is 11.3 Å². The van der Waals surface area contributed by atoms with Crippen LogP contribution in [0.4, 0.5) is 5.13 Å². The molecule has 0 unspecified atom stereocenters. The van der Waals surface area contributed by atoms with Crippen molar-refractivity contribution in [1.29, 1.82) is 0 Å². The molecule has 4 rings (SSSR count). The number of amides is 2. The molecule has 4 aromatic rings. The minimum atomic E-state index is -0.553. The third-order valence-corrected chi connectivity index (χ3v) is 4.82. The number of carbonyl (C=O) groups excluding carboxylic acids is 2. The number of primary amides is 1. The summed E-state index contributed by atoms with van der Waals surface area (Å²) in [5.41, 5.74) is 7.47. The van der Waals surface area contributed by atoms with E-state index in [1.807, 2.05) is 30.3 Å². The van der Waals surface area contributed by atoms with E-state index >= 15 is 0 Å². The highest BCUT2D eigenvalue weighted by Gasteiger charge is 2.18. The van der Waals surface area contributed by atoms with Crippen molar-refractivity contribution in [3.8, 4) is 17.0 Å². The Balaban J connectivity index is 1.43. The van der Waals surface area contributed by atoms with E-state index in [4.69, 9.17) is 14.9 Å². The smallest absolute Gasteiger partial charge is 0.293 e. The highest BCUT2D eigenvalue weighted by molar-refractivity contribution is 7.14. The summed E-state index contributed by atoms with van der Waals surface area (Å²) in [7, 11) is 0. The normalized spacial score (nSPS) is 10.6. The van der Waals surface area contributed by atoms with E-state index in [-0.39, 0.29) is 18.1 Å². The number of benzene rings is 1. The molecule has 0 aliphatic rings. The Morgan fingerprint density at radius 2 is 2.07 bits per heavy atom. The molecule has 3 heterocycles. The van der Waals surface area contributed by atoms with Gasteiger partial charge in [0, 0.05) is 22.7 Å². The summed E-state index contributed by atoms with van der Waals surface area (Å²) in [5, 5.41) is 4.89. The van der Waals surface area contributed by atoms with Crippen LogP contribution in [-0.2, 0) is 6.61 Å². The number of furan rings is 1. The lowest BCUT2D eigenvalue weighted by molar-refractivity contribution is 0.0987. The number of nitrogens with two attached hydrogens (primary N) is 1. The van der Waals surface area contributed by atoms with Gasteiger partial charge in [0.1, 0.15) is 18.1 Å². The van der Waals surface area contributed by atoms with Crippen LogP contribution in [0.1, 0.15) is 26.6 Å². The monoisotopic (exact) mass is 408 g/mol. The Labute approximate surface area is 169 Å². The molecule has 0 saturated carbocycles. The molecule has 3 aromatic heterocycles. The average Bonchev–Trinajstić information content (AvgIpc) is 3.47. The summed E-state index contributed by atoms with van der Waals surface area (Å²) >= 11 is 1.26. The summed E-state index contributed by atoms with van der Waals surface area (Å²) in [6.07, 6.45) is 3.07. The molecule has 29 heavy (non-hydrogen) atoms. The SMILES string of the molecule is NC(=O)c1cc(-c2csc(NC(=O)c3occc3COc3ccccc3)n2)c[nH]1. The van der Waals surface area contributed by atoms with Gasteiger partial charge in [0.05, 0.1) is 12.0 Å². The van der Waals surface area contributed by atoms with E-state index in [9.17, 15) is 9.59 Å². The molecule has 0 aliphatic carbocycles. The second kappa shape index (κ2) is 8.03. The predicted molar refractivity (Wildman–Crippen MR) is 108 cm³/mol. The number of thiazole rings is 1. The molecule has 4 N–H and O–H groups in total. The Bertz CT molecular complexity index is 1150. The number of rotatable bonds is 7. The summed E-state index contributed by atoms with van der Waals surface area (Å²) < 4.78 is 11.0. The van der Waals surface area contributed by atoms with E-state index < -0.39 is 11.8 Å². The van der Waals surface area contributed by atoms with Crippen molar-refractivity contribution in [2.24, 2.45) is 5.73 Å². The van der Waals surface area contributed by atoms with Gasteiger partial charge in [-0.2, -0.15) is 0 Å². The molecule has 0 atom stereocenters. The Kier molecular flexibility index (Phi) is 5.12. The maximum Gasteiger partial charge on any atom is 0.293 e. The maximum absolute atomic E-state index is 12.6. The van der Waals surface area contributed by atoms with Crippen LogP contribution in [-0.4, -0.2) is 21.8 Å². The number of H-pyrrole nitrogens is 1. The van der Waals surface area contributed by atoms with Crippen molar-refractivity contribution in [2.75, 3.05) is 5.32 Å². The van der Waals surface area contributed by atoms with Gasteiger partial charge >= 0.3 is 0 Å². The highest BCUT2D eigenvalue weighted by Crippen LogP contribution is 2.26. The Morgan fingerprint density at radius 1 is 1.24 bits per heavy atom. The molecule has 0 fully saturated rings. The fourth-order valence-electron chi connectivity index (χ4n) is 2.63. The number of hydrogen-bond donors (Lipinski definition) is 3. The lowest BCUT2D eigenvalue weighted by Crippen LogP contribution is -2.13. The number of ether oxygens (including phenoxy) is 1. The first-order chi connectivity index (χ1) is 14.1. The zero-order chi connectivity index (χ0) is 20.2. The van der Waals surface area contributed by atoms with Gasteiger partial charge in [-0.25, -0.2) is 4.98 Å². The van der Waals surface area contributed by atoms with Crippen molar-refractivity contribution in [3.63, 3.8) is 0 Å². The molecule has 8 nitrogen and oxygen atoms in total. The number of para-hydroxylation sites is 1. The van der Waals surface area contributed by atoms with Crippen molar-refractivity contribution in [1.82, 2.24) is 9.97 Å². The van der Waals surface area contributed by atoms with Gasteiger partial charge in [-0.15, -0.1) is 11.3 Å². The number of nitrogens with zero attached hydrogens (tertiary/aromatic N) is 1. The fraction of sp³-hybridized carbons (Fsp3) is 0.0500. The summed E-state index contributed by atoms with van der Waals surface area (Å²) in [5.74, 6) is -0.112. The summed E-state index contributed by atoms with van der Waals surface area (Å²) in [6.45, 7) is 0.200. The quantitative estimate of drug-likeness (QED) is 0.431. The minimum Gasteiger partial charge on any atom is -0.489 e. The molecule has 0 spiro atoms. The molecular weight excluding hydrogens is 392 g/mol. The molecule has 1 aromatic carbocycles. The number of nitrogens with one attached hydrogen (secondary N) is 2. The standard InChI is InChI=1S/C20H16N4O4S/c21-18(25)15-8-13(9-22-15)16-11-29-20(23-16)24-19(26)17-12(6-7-27-17)10-28-14-4-2-1-3-5-14/h1-9,11,22H,10H2,(H2,21,25)(H,23,24,26). The molecule has 9 heteroatoms. The van der Waals surface area contributed by atoms with E-state index in [0.29, 0.717) is 27.7 Å². The van der Waals surface area contributed by atoms with Gasteiger partial charge in [0.2, 0.25) is 0 Å². The van der Waals surface area contributed by atoms with Gasteiger partial charge in [0.15, 0.2) is 10.9 Å². The third kappa shape index (κ3) is 4.19. The second-order valence-corrected chi connectivity index (χ2v) is 6.89. The molecule has 0 bridgehead atoms. The first-order valence-corrected chi connectivity index (χ1v) is 9.48. The number of hydrogen-bond acceptors (Lipinski definition) is 6. The van der Waals surface area contributed by atoms with Gasteiger partial charge in [0.25, 0.3) is 11.8 Å². The van der Waals surface area contributed by atoms with Crippen LogP contribution in [0.15, 0.2) is 64.7 Å². The average molecular weight is 408 g/mol. The molecule has 0 radical (unpaired) electrons. The summed E-state index contributed by atoms with van der Waals surface area (Å²) in [6, 6.07) is 12.6. The van der Waals surface area contributed by atoms with Crippen LogP contribution in [0.25, 0.3) is 11.3 Å². The first kappa shape index (κ1) is 18.5. The lowest BCUT2D eigenvalue weighted by Gasteiger charge is -2.06. The second-order valence-electron chi connectivity index (χ2n) is 6.03. The maximum atomic E-state index is 12.6. The topological polar surface area (TPSA) is 123 Å². The Morgan fingerprint density at radius 3 is 2.83 bits per heavy atom. The van der Waals surface area contributed by atoms with Crippen LogP contribution in [0.5, 0.6) is 5.75 Å². The van der Waals surface area contributed by atoms with Crippen molar-refractivity contribution >= 4 is 28.3 Å². The fourth-order valence-corrected chi connectivity index (χ4v) is 3.34. The van der Waals surface area contributed by atoms with Crippen LogP contribution < -0.4 is 15.8 Å². The van der Waals surface area contributed by atoms with Gasteiger partial charge < -0.3 is 19.9 Å². The molecular formula is C20H16N4O4S. The van der Waals surface area contributed by atoms with Gasteiger partial charge in [-0.05, 0) is 24.3 Å². The number of aromatic nitrogens is 2. The molecule has 0 aliphatic heterocycles. The highest BCUT2D eigenvalue weighted by atomic mass is 32.1. The van der Waals surface area contributed by atoms with Gasteiger partial charge in [-0.1, -0.05) is 18.2 Å². The van der Waals surface area contributed by atoms with Crippen molar-refractivity contribution < 1.29 is 18.7 Å². The van der Waals surface area contributed by atoms with Crippen LogP contribution in [0, 0.1) is 0 Å². The Hall–Kier alpha value is -3.85. The van der Waals surface area contributed by atoms with Crippen molar-refractivity contribution in [2.45, 2.75) is 6.61 Å². The number of carbonyl (C=O) groups is 2. The predicted octanol–water partition coefficient (Wildman–Crippen LogP) is 3.66. The molecule has 0 saturated heterocycles. The largest absolute Gasteiger partial charge is 0.489 e. The first-order valence-electron chi connectivity index (χ1n) is 8.60. The van der Waals surface area contributed by atoms with E-state index in [1.165, 1.54) is 17.6 Å². The molecule has 146 valence electrons. The van der Waals surface area contributed by atoms with E-state index in [1.54, 1.807) is 23.7 Å². The van der Waals surface area contributed by atoms with Gasteiger partial charge in [-0.3, -0.25) is 14.9 Å². The summed E-state index contributed by atoms with van der Waals surface area (Å²) in [4.78, 5) is 30.9. The van der Waals surface area contributed by atoms with Crippen LogP contribution in [0.3, 0.4) is 0 Å². The molecule has 2 amide bonds. The third-order valence-electron chi connectivity index (χ3n) is 4.06. The van der Waals surface area contributed by atoms with Crippen molar-refractivity contribution in [3.05, 3.63) is 77.3 Å². The number of anilines is 1. The zero-order valence-electron chi connectivity index (χ0n) is 15.0. The van der Waals surface area contributed by atoms with E-state index in [2.05, 4.69) is 15.3 Å². The number of aromatic amines is 1. The lowest BCUT2D eigenvalue weighted by atomic mass is 10.2. The zero-order valence-corrected chi connectivity index (χ0v) is 15.9. The van der Waals surface area contributed by atoms with E-state index in [0.717, 1.165) is 0 Å². The minimum absolute atomic E-state index is 0.162. The van der Waals surface area contributed by atoms with Crippen LogP contribution in [0.2, 0.25) is 0 Å².